The van der Waals surface area contributed by atoms with Gasteiger partial charge in [0.15, 0.2) is 0 Å². The van der Waals surface area contributed by atoms with Crippen LogP contribution < -0.4 is 11.1 Å². The first-order valence-electron chi connectivity index (χ1n) is 5.98. The molecule has 0 saturated carbocycles. The number of likely N-dealkylation sites (tertiary alicyclic amines) is 1. The summed E-state index contributed by atoms with van der Waals surface area (Å²) in [5.74, 6) is 0. The van der Waals surface area contributed by atoms with Crippen molar-refractivity contribution in [1.29, 1.82) is 0 Å². The maximum absolute atomic E-state index is 11.7. The highest BCUT2D eigenvalue weighted by atomic mass is 16.2. The number of rotatable bonds is 3. The van der Waals surface area contributed by atoms with E-state index in [4.69, 9.17) is 5.73 Å². The van der Waals surface area contributed by atoms with E-state index in [0.717, 1.165) is 32.4 Å². The van der Waals surface area contributed by atoms with Crippen molar-refractivity contribution >= 4 is 6.03 Å². The molecule has 4 heteroatoms. The topological polar surface area (TPSA) is 58.4 Å². The van der Waals surface area contributed by atoms with Gasteiger partial charge in [-0.2, -0.15) is 0 Å². The summed E-state index contributed by atoms with van der Waals surface area (Å²) in [6, 6.07) is 0.243. The van der Waals surface area contributed by atoms with E-state index < -0.39 is 0 Å². The van der Waals surface area contributed by atoms with Gasteiger partial charge in [-0.05, 0) is 26.2 Å². The first-order chi connectivity index (χ1) is 7.20. The Bertz CT molecular complexity index is 186. The predicted molar refractivity (Wildman–Crippen MR) is 61.7 cm³/mol. The predicted octanol–water partition coefficient (Wildman–Crippen LogP) is 1.31. The summed E-state index contributed by atoms with van der Waals surface area (Å²) in [7, 11) is 0. The first-order valence-corrected chi connectivity index (χ1v) is 5.98. The minimum atomic E-state index is 0.0811. The van der Waals surface area contributed by atoms with Crippen LogP contribution in [-0.2, 0) is 0 Å². The van der Waals surface area contributed by atoms with E-state index in [2.05, 4.69) is 5.32 Å². The average Bonchev–Trinajstić information content (AvgIpc) is 2.44. The lowest BCUT2D eigenvalue weighted by Gasteiger charge is -2.21. The van der Waals surface area contributed by atoms with Crippen LogP contribution in [-0.4, -0.2) is 36.6 Å². The molecule has 4 nitrogen and oxygen atoms in total. The van der Waals surface area contributed by atoms with Crippen molar-refractivity contribution in [2.75, 3.05) is 19.6 Å². The Balaban J connectivity index is 2.19. The Hall–Kier alpha value is -0.770. The number of carbonyl (C=O) groups is 1. The standard InChI is InChI=1S/C11H23N3O/c1-10(12)6-7-13-11(15)14-8-4-2-3-5-9-14/h10H,2-9,12H2,1H3,(H,13,15). The van der Waals surface area contributed by atoms with Crippen LogP contribution in [0.1, 0.15) is 39.0 Å². The Morgan fingerprint density at radius 2 is 1.93 bits per heavy atom. The highest BCUT2D eigenvalue weighted by molar-refractivity contribution is 5.74. The number of hydrogen-bond acceptors (Lipinski definition) is 2. The van der Waals surface area contributed by atoms with Gasteiger partial charge in [-0.25, -0.2) is 4.79 Å². The van der Waals surface area contributed by atoms with Crippen LogP contribution in [0.2, 0.25) is 0 Å². The van der Waals surface area contributed by atoms with Crippen LogP contribution in [0, 0.1) is 0 Å². The van der Waals surface area contributed by atoms with E-state index in [1.54, 1.807) is 0 Å². The largest absolute Gasteiger partial charge is 0.338 e. The fraction of sp³-hybridized carbons (Fsp3) is 0.909. The molecule has 1 heterocycles. The fourth-order valence-corrected chi connectivity index (χ4v) is 1.79. The Labute approximate surface area is 92.2 Å². The van der Waals surface area contributed by atoms with Crippen molar-refractivity contribution in [2.24, 2.45) is 5.73 Å². The van der Waals surface area contributed by atoms with Crippen molar-refractivity contribution in [3.05, 3.63) is 0 Å². The third kappa shape index (κ3) is 5.02. The van der Waals surface area contributed by atoms with Gasteiger partial charge in [0.05, 0.1) is 0 Å². The molecule has 1 aliphatic heterocycles. The second-order valence-electron chi connectivity index (χ2n) is 4.40. The average molecular weight is 213 g/mol. The second-order valence-corrected chi connectivity index (χ2v) is 4.40. The molecule has 1 atom stereocenters. The van der Waals surface area contributed by atoms with Crippen LogP contribution in [0.5, 0.6) is 0 Å². The number of nitrogens with two attached hydrogens (primary N) is 1. The van der Waals surface area contributed by atoms with E-state index in [1.807, 2.05) is 11.8 Å². The molecule has 1 unspecified atom stereocenters. The molecule has 0 aliphatic carbocycles. The molecule has 1 saturated heterocycles. The second kappa shape index (κ2) is 6.67. The monoisotopic (exact) mass is 213 g/mol. The summed E-state index contributed by atoms with van der Waals surface area (Å²) < 4.78 is 0. The molecule has 15 heavy (non-hydrogen) atoms. The summed E-state index contributed by atoms with van der Waals surface area (Å²) in [6.45, 7) is 4.46. The zero-order valence-corrected chi connectivity index (χ0v) is 9.67. The minimum Gasteiger partial charge on any atom is -0.338 e. The van der Waals surface area contributed by atoms with E-state index in [0.29, 0.717) is 6.54 Å². The van der Waals surface area contributed by atoms with Gasteiger partial charge < -0.3 is 16.0 Å². The molecule has 0 aromatic rings. The van der Waals surface area contributed by atoms with Gasteiger partial charge in [0.1, 0.15) is 0 Å². The lowest BCUT2D eigenvalue weighted by atomic mass is 10.2. The summed E-state index contributed by atoms with van der Waals surface area (Å²) in [5, 5.41) is 2.92. The summed E-state index contributed by atoms with van der Waals surface area (Å²) >= 11 is 0. The number of hydrogen-bond donors (Lipinski definition) is 2. The Morgan fingerprint density at radius 1 is 1.33 bits per heavy atom. The molecule has 1 fully saturated rings. The van der Waals surface area contributed by atoms with Gasteiger partial charge in [0.25, 0.3) is 0 Å². The van der Waals surface area contributed by atoms with E-state index >= 15 is 0 Å². The molecule has 0 aromatic heterocycles. The van der Waals surface area contributed by atoms with Gasteiger partial charge in [0.2, 0.25) is 0 Å². The van der Waals surface area contributed by atoms with Crippen molar-refractivity contribution in [3.8, 4) is 0 Å². The zero-order chi connectivity index (χ0) is 11.1. The molecular formula is C11H23N3O. The van der Waals surface area contributed by atoms with Gasteiger partial charge in [-0.15, -0.1) is 0 Å². The lowest BCUT2D eigenvalue weighted by molar-refractivity contribution is 0.199. The van der Waals surface area contributed by atoms with Crippen LogP contribution in [0.25, 0.3) is 0 Å². The summed E-state index contributed by atoms with van der Waals surface area (Å²) in [5.41, 5.74) is 5.62. The maximum atomic E-state index is 11.7. The molecule has 2 amide bonds. The smallest absolute Gasteiger partial charge is 0.317 e. The van der Waals surface area contributed by atoms with Crippen molar-refractivity contribution in [3.63, 3.8) is 0 Å². The molecule has 1 aliphatic rings. The maximum Gasteiger partial charge on any atom is 0.317 e. The molecule has 0 spiro atoms. The molecule has 3 N–H and O–H groups in total. The quantitative estimate of drug-likeness (QED) is 0.742. The number of urea groups is 1. The Morgan fingerprint density at radius 3 is 2.47 bits per heavy atom. The molecule has 0 radical (unpaired) electrons. The molecule has 0 bridgehead atoms. The fourth-order valence-electron chi connectivity index (χ4n) is 1.79. The van der Waals surface area contributed by atoms with Crippen molar-refractivity contribution in [2.45, 2.75) is 45.1 Å². The van der Waals surface area contributed by atoms with Crippen LogP contribution in [0.15, 0.2) is 0 Å². The molecule has 0 aromatic carbocycles. The molecule has 88 valence electrons. The number of nitrogens with zero attached hydrogens (tertiary/aromatic N) is 1. The highest BCUT2D eigenvalue weighted by Crippen LogP contribution is 2.09. The lowest BCUT2D eigenvalue weighted by Crippen LogP contribution is -2.41. The molecule has 1 rings (SSSR count). The number of amides is 2. The first kappa shape index (κ1) is 12.3. The number of carbonyl (C=O) groups excluding carboxylic acids is 1. The van der Waals surface area contributed by atoms with E-state index in [-0.39, 0.29) is 12.1 Å². The van der Waals surface area contributed by atoms with Crippen LogP contribution in [0.4, 0.5) is 4.79 Å². The summed E-state index contributed by atoms with van der Waals surface area (Å²) in [4.78, 5) is 13.6. The Kier molecular flexibility index (Phi) is 5.47. The van der Waals surface area contributed by atoms with E-state index in [9.17, 15) is 4.79 Å². The van der Waals surface area contributed by atoms with Crippen LogP contribution in [0.3, 0.4) is 0 Å². The number of nitrogens with one attached hydrogen (secondary N) is 1. The van der Waals surface area contributed by atoms with Gasteiger partial charge in [0, 0.05) is 25.7 Å². The minimum absolute atomic E-state index is 0.0811. The highest BCUT2D eigenvalue weighted by Gasteiger charge is 2.14. The zero-order valence-electron chi connectivity index (χ0n) is 9.67. The van der Waals surface area contributed by atoms with Gasteiger partial charge >= 0.3 is 6.03 Å². The summed E-state index contributed by atoms with van der Waals surface area (Å²) in [6.07, 6.45) is 5.63. The van der Waals surface area contributed by atoms with Crippen LogP contribution >= 0.6 is 0 Å². The third-order valence-corrected chi connectivity index (χ3v) is 2.77. The van der Waals surface area contributed by atoms with Gasteiger partial charge in [-0.3, -0.25) is 0 Å². The van der Waals surface area contributed by atoms with Crippen molar-refractivity contribution < 1.29 is 4.79 Å². The normalized spacial score (nSPS) is 19.5. The van der Waals surface area contributed by atoms with Crippen molar-refractivity contribution in [1.82, 2.24) is 10.2 Å². The SMILES string of the molecule is CC(N)CCNC(=O)N1CCCCCC1. The van der Waals surface area contributed by atoms with Gasteiger partial charge in [-0.1, -0.05) is 12.8 Å². The third-order valence-electron chi connectivity index (χ3n) is 2.77. The van der Waals surface area contributed by atoms with E-state index in [1.165, 1.54) is 12.8 Å². The molecular weight excluding hydrogens is 190 g/mol.